The lowest BCUT2D eigenvalue weighted by Gasteiger charge is -2.40. The maximum atomic E-state index is 5.92. The van der Waals surface area contributed by atoms with Crippen LogP contribution in [0.1, 0.15) is 51.7 Å². The highest BCUT2D eigenvalue weighted by atomic mass is 16.6. The van der Waals surface area contributed by atoms with E-state index in [0.29, 0.717) is 5.92 Å². The largest absolute Gasteiger partial charge is 0.288 e. The molecule has 2 heteroatoms. The van der Waals surface area contributed by atoms with E-state index < -0.39 is 5.60 Å². The Morgan fingerprint density at radius 2 is 1.30 bits per heavy atom. The average molecular weight is 311 g/mol. The van der Waals surface area contributed by atoms with Crippen molar-refractivity contribution in [2.75, 3.05) is 0 Å². The van der Waals surface area contributed by atoms with Gasteiger partial charge < -0.3 is 0 Å². The van der Waals surface area contributed by atoms with Gasteiger partial charge in [0.1, 0.15) is 5.60 Å². The first-order chi connectivity index (χ1) is 10.9. The highest BCUT2D eigenvalue weighted by Gasteiger charge is 2.40. The van der Waals surface area contributed by atoms with Crippen molar-refractivity contribution in [3.05, 3.63) is 71.8 Å². The molecule has 0 bridgehead atoms. The lowest BCUT2D eigenvalue weighted by molar-refractivity contribution is -0.0499. The van der Waals surface area contributed by atoms with Crippen molar-refractivity contribution in [3.8, 4) is 0 Å². The smallest absolute Gasteiger partial charge is 0.139 e. The third-order valence-electron chi connectivity index (χ3n) is 4.93. The van der Waals surface area contributed by atoms with Gasteiger partial charge in [0.25, 0.3) is 0 Å². The molecule has 0 spiro atoms. The van der Waals surface area contributed by atoms with Crippen LogP contribution >= 0.6 is 0 Å². The Bertz CT molecular complexity index is 547. The fourth-order valence-corrected chi connectivity index (χ4v) is 3.41. The molecule has 0 radical (unpaired) electrons. The molecule has 0 aliphatic rings. The molecule has 0 heterocycles. The molecule has 0 saturated heterocycles. The van der Waals surface area contributed by atoms with E-state index in [-0.39, 0.29) is 5.41 Å². The normalized spacial score (nSPS) is 13.8. The number of hydrogen-bond acceptors (Lipinski definition) is 2. The number of hydrogen-bond donors (Lipinski definition) is 1. The standard InChI is InChI=1S/C21H29NO/c1-5-17(20(2,3)4)16-21(23-22,18-12-8-6-9-13-18)19-14-10-7-11-15-19/h6-15,17H,5,16,22H2,1-4H3. The van der Waals surface area contributed by atoms with Crippen LogP contribution in [0.25, 0.3) is 0 Å². The summed E-state index contributed by atoms with van der Waals surface area (Å²) in [4.78, 5) is 5.74. The molecule has 1 unspecified atom stereocenters. The lowest BCUT2D eigenvalue weighted by atomic mass is 9.70. The minimum Gasteiger partial charge on any atom is -0.288 e. The summed E-state index contributed by atoms with van der Waals surface area (Å²) in [6.45, 7) is 9.11. The topological polar surface area (TPSA) is 35.2 Å². The van der Waals surface area contributed by atoms with Crippen LogP contribution in [0.3, 0.4) is 0 Å². The fourth-order valence-electron chi connectivity index (χ4n) is 3.41. The van der Waals surface area contributed by atoms with Gasteiger partial charge in [0.2, 0.25) is 0 Å². The zero-order valence-electron chi connectivity index (χ0n) is 14.8. The SMILES string of the molecule is CCC(CC(ON)(c1ccccc1)c1ccccc1)C(C)(C)C. The summed E-state index contributed by atoms with van der Waals surface area (Å²) >= 11 is 0. The highest BCUT2D eigenvalue weighted by molar-refractivity contribution is 5.36. The van der Waals surface area contributed by atoms with Crippen molar-refractivity contribution in [1.29, 1.82) is 0 Å². The molecule has 0 saturated carbocycles. The lowest BCUT2D eigenvalue weighted by Crippen LogP contribution is -2.39. The molecule has 2 N–H and O–H groups in total. The Kier molecular flexibility index (Phi) is 5.61. The van der Waals surface area contributed by atoms with Crippen LogP contribution in [0.15, 0.2) is 60.7 Å². The summed E-state index contributed by atoms with van der Waals surface area (Å²) in [6.07, 6.45) is 1.95. The monoisotopic (exact) mass is 311 g/mol. The predicted molar refractivity (Wildman–Crippen MR) is 96.8 cm³/mol. The van der Waals surface area contributed by atoms with Crippen LogP contribution in [0.2, 0.25) is 0 Å². The van der Waals surface area contributed by atoms with Crippen LogP contribution in [-0.4, -0.2) is 0 Å². The van der Waals surface area contributed by atoms with Crippen molar-refractivity contribution < 1.29 is 4.84 Å². The number of benzene rings is 2. The van der Waals surface area contributed by atoms with Crippen molar-refractivity contribution in [2.24, 2.45) is 17.2 Å². The van der Waals surface area contributed by atoms with Gasteiger partial charge in [-0.15, -0.1) is 0 Å². The summed E-state index contributed by atoms with van der Waals surface area (Å²) in [7, 11) is 0. The molecule has 1 atom stereocenters. The van der Waals surface area contributed by atoms with E-state index in [4.69, 9.17) is 10.7 Å². The zero-order valence-corrected chi connectivity index (χ0v) is 14.8. The predicted octanol–water partition coefficient (Wildman–Crippen LogP) is 5.28. The summed E-state index contributed by atoms with van der Waals surface area (Å²) in [5.74, 6) is 6.41. The molecule has 0 aliphatic carbocycles. The van der Waals surface area contributed by atoms with Gasteiger partial charge in [0.15, 0.2) is 0 Å². The zero-order chi connectivity index (χ0) is 16.9. The second-order valence-electron chi connectivity index (χ2n) is 7.35. The molecular weight excluding hydrogens is 282 g/mol. The van der Waals surface area contributed by atoms with Gasteiger partial charge in [-0.3, -0.25) is 4.84 Å². The Labute approximate surface area is 140 Å². The van der Waals surface area contributed by atoms with Crippen molar-refractivity contribution >= 4 is 0 Å². The first-order valence-electron chi connectivity index (χ1n) is 8.43. The summed E-state index contributed by atoms with van der Waals surface area (Å²) < 4.78 is 0. The Morgan fingerprint density at radius 3 is 1.61 bits per heavy atom. The first kappa shape index (κ1) is 17.7. The molecule has 2 aromatic carbocycles. The quantitative estimate of drug-likeness (QED) is 0.736. The third kappa shape index (κ3) is 3.82. The Morgan fingerprint density at radius 1 is 0.870 bits per heavy atom. The van der Waals surface area contributed by atoms with Crippen LogP contribution < -0.4 is 5.90 Å². The molecule has 23 heavy (non-hydrogen) atoms. The van der Waals surface area contributed by atoms with Crippen LogP contribution in [0.4, 0.5) is 0 Å². The Balaban J connectivity index is 2.55. The van der Waals surface area contributed by atoms with Crippen LogP contribution in [-0.2, 0) is 10.4 Å². The van der Waals surface area contributed by atoms with E-state index in [2.05, 4.69) is 52.0 Å². The van der Waals surface area contributed by atoms with Gasteiger partial charge >= 0.3 is 0 Å². The molecule has 124 valence electrons. The molecule has 2 nitrogen and oxygen atoms in total. The molecule has 0 amide bonds. The van der Waals surface area contributed by atoms with Gasteiger partial charge in [-0.25, -0.2) is 5.90 Å². The maximum absolute atomic E-state index is 5.92. The first-order valence-corrected chi connectivity index (χ1v) is 8.43. The van der Waals surface area contributed by atoms with E-state index >= 15 is 0 Å². The van der Waals surface area contributed by atoms with Crippen molar-refractivity contribution in [1.82, 2.24) is 0 Å². The Hall–Kier alpha value is -1.64. The van der Waals surface area contributed by atoms with Gasteiger partial charge in [-0.05, 0) is 28.9 Å². The molecular formula is C21H29NO. The van der Waals surface area contributed by atoms with Crippen LogP contribution in [0.5, 0.6) is 0 Å². The number of nitrogens with two attached hydrogens (primary N) is 1. The fraction of sp³-hybridized carbons (Fsp3) is 0.429. The van der Waals surface area contributed by atoms with E-state index in [1.807, 2.05) is 36.4 Å². The maximum Gasteiger partial charge on any atom is 0.139 e. The van der Waals surface area contributed by atoms with E-state index in [1.165, 1.54) is 0 Å². The molecule has 0 aromatic heterocycles. The van der Waals surface area contributed by atoms with Gasteiger partial charge in [-0.2, -0.15) is 0 Å². The minimum absolute atomic E-state index is 0.197. The summed E-state index contributed by atoms with van der Waals surface area (Å²) in [5.41, 5.74) is 1.80. The van der Waals surface area contributed by atoms with Crippen molar-refractivity contribution in [3.63, 3.8) is 0 Å². The van der Waals surface area contributed by atoms with Crippen molar-refractivity contribution in [2.45, 2.75) is 46.1 Å². The third-order valence-corrected chi connectivity index (χ3v) is 4.93. The number of rotatable bonds is 6. The minimum atomic E-state index is -0.615. The average Bonchev–Trinajstić information content (AvgIpc) is 2.57. The molecule has 0 aliphatic heterocycles. The van der Waals surface area contributed by atoms with Gasteiger partial charge in [-0.1, -0.05) is 94.8 Å². The molecule has 2 aromatic rings. The van der Waals surface area contributed by atoms with E-state index in [0.717, 1.165) is 24.0 Å². The molecule has 0 fully saturated rings. The summed E-state index contributed by atoms with van der Waals surface area (Å²) in [5, 5.41) is 0. The summed E-state index contributed by atoms with van der Waals surface area (Å²) in [6, 6.07) is 20.7. The van der Waals surface area contributed by atoms with E-state index in [9.17, 15) is 0 Å². The second-order valence-corrected chi connectivity index (χ2v) is 7.35. The van der Waals surface area contributed by atoms with Gasteiger partial charge in [0.05, 0.1) is 0 Å². The van der Waals surface area contributed by atoms with Gasteiger partial charge in [0, 0.05) is 0 Å². The van der Waals surface area contributed by atoms with E-state index in [1.54, 1.807) is 0 Å². The second kappa shape index (κ2) is 7.29. The molecule has 2 rings (SSSR count). The highest BCUT2D eigenvalue weighted by Crippen LogP contribution is 2.44. The van der Waals surface area contributed by atoms with Crippen LogP contribution in [0, 0.1) is 11.3 Å².